The molecular formula is C13H18OS. The molecule has 0 radical (unpaired) electrons. The quantitative estimate of drug-likeness (QED) is 0.759. The molecule has 15 heavy (non-hydrogen) atoms. The van der Waals surface area contributed by atoms with E-state index in [2.05, 4.69) is 24.4 Å². The Kier molecular flexibility index (Phi) is 3.57. The van der Waals surface area contributed by atoms with Crippen LogP contribution >= 0.6 is 11.3 Å². The van der Waals surface area contributed by atoms with Gasteiger partial charge in [-0.15, -0.1) is 11.3 Å². The number of hydrogen-bond acceptors (Lipinski definition) is 2. The standard InChI is InChI=1S/C13H18OS/c1-10-4-5-11(9-10)13(14)7-6-12-3-2-8-15-12/h2-3,8,10-11H,4-7,9H2,1H3. The maximum Gasteiger partial charge on any atom is 0.136 e. The van der Waals surface area contributed by atoms with Crippen LogP contribution in [-0.2, 0) is 11.2 Å². The maximum absolute atomic E-state index is 11.9. The summed E-state index contributed by atoms with van der Waals surface area (Å²) in [5.41, 5.74) is 0. The molecule has 1 aromatic heterocycles. The summed E-state index contributed by atoms with van der Waals surface area (Å²) in [5.74, 6) is 1.63. The molecule has 1 aliphatic rings. The molecule has 1 saturated carbocycles. The molecule has 1 aromatic rings. The van der Waals surface area contributed by atoms with Crippen LogP contribution in [0, 0.1) is 11.8 Å². The van der Waals surface area contributed by atoms with Gasteiger partial charge in [0.05, 0.1) is 0 Å². The van der Waals surface area contributed by atoms with Crippen molar-refractivity contribution in [3.8, 4) is 0 Å². The van der Waals surface area contributed by atoms with Gasteiger partial charge in [0.1, 0.15) is 5.78 Å². The first-order valence-corrected chi connectivity index (χ1v) is 6.69. The number of carbonyl (C=O) groups excluding carboxylic acids is 1. The molecule has 2 unspecified atom stereocenters. The zero-order chi connectivity index (χ0) is 10.7. The van der Waals surface area contributed by atoms with E-state index in [0.717, 1.165) is 31.6 Å². The summed E-state index contributed by atoms with van der Waals surface area (Å²) >= 11 is 1.76. The number of hydrogen-bond donors (Lipinski definition) is 0. The maximum atomic E-state index is 11.9. The van der Waals surface area contributed by atoms with E-state index >= 15 is 0 Å². The van der Waals surface area contributed by atoms with E-state index in [4.69, 9.17) is 0 Å². The van der Waals surface area contributed by atoms with Gasteiger partial charge >= 0.3 is 0 Å². The van der Waals surface area contributed by atoms with E-state index in [9.17, 15) is 4.79 Å². The van der Waals surface area contributed by atoms with Crippen LogP contribution in [0.25, 0.3) is 0 Å². The van der Waals surface area contributed by atoms with E-state index < -0.39 is 0 Å². The fraction of sp³-hybridized carbons (Fsp3) is 0.615. The highest BCUT2D eigenvalue weighted by Gasteiger charge is 2.26. The molecule has 2 atom stereocenters. The summed E-state index contributed by atoms with van der Waals surface area (Å²) in [6, 6.07) is 4.18. The van der Waals surface area contributed by atoms with Gasteiger partial charge in [-0.05, 0) is 43.0 Å². The molecule has 0 bridgehead atoms. The number of carbonyl (C=O) groups is 1. The first-order valence-electron chi connectivity index (χ1n) is 5.81. The van der Waals surface area contributed by atoms with E-state index in [-0.39, 0.29) is 0 Å². The van der Waals surface area contributed by atoms with E-state index in [1.165, 1.54) is 11.3 Å². The van der Waals surface area contributed by atoms with Gasteiger partial charge in [0.25, 0.3) is 0 Å². The van der Waals surface area contributed by atoms with Crippen LogP contribution in [0.3, 0.4) is 0 Å². The second-order valence-electron chi connectivity index (χ2n) is 4.66. The topological polar surface area (TPSA) is 17.1 Å². The second kappa shape index (κ2) is 4.93. The van der Waals surface area contributed by atoms with Crippen molar-refractivity contribution in [2.24, 2.45) is 11.8 Å². The summed E-state index contributed by atoms with van der Waals surface area (Å²) in [7, 11) is 0. The smallest absolute Gasteiger partial charge is 0.136 e. The Bertz CT molecular complexity index is 315. The van der Waals surface area contributed by atoms with Gasteiger partial charge < -0.3 is 0 Å². The summed E-state index contributed by atoms with van der Waals surface area (Å²) in [6.45, 7) is 2.26. The minimum absolute atomic E-state index is 0.375. The van der Waals surface area contributed by atoms with Crippen molar-refractivity contribution >= 4 is 17.1 Å². The van der Waals surface area contributed by atoms with Crippen LogP contribution in [0.15, 0.2) is 17.5 Å². The van der Waals surface area contributed by atoms with Crippen LogP contribution in [0.4, 0.5) is 0 Å². The third-order valence-corrected chi connectivity index (χ3v) is 4.28. The Labute approximate surface area is 95.5 Å². The zero-order valence-electron chi connectivity index (χ0n) is 9.24. The summed E-state index contributed by atoms with van der Waals surface area (Å²) < 4.78 is 0. The highest BCUT2D eigenvalue weighted by Crippen LogP contribution is 2.31. The molecule has 1 heterocycles. The van der Waals surface area contributed by atoms with Crippen LogP contribution in [0.5, 0.6) is 0 Å². The molecule has 0 saturated heterocycles. The molecule has 0 N–H and O–H groups in total. The molecule has 2 rings (SSSR count). The Hall–Kier alpha value is -0.630. The molecule has 1 aliphatic carbocycles. The van der Waals surface area contributed by atoms with Gasteiger partial charge in [-0.25, -0.2) is 0 Å². The Morgan fingerprint density at radius 2 is 2.40 bits per heavy atom. The largest absolute Gasteiger partial charge is 0.299 e. The van der Waals surface area contributed by atoms with Crippen molar-refractivity contribution in [1.29, 1.82) is 0 Å². The molecule has 1 nitrogen and oxygen atoms in total. The highest BCUT2D eigenvalue weighted by atomic mass is 32.1. The van der Waals surface area contributed by atoms with Crippen molar-refractivity contribution in [1.82, 2.24) is 0 Å². The fourth-order valence-corrected chi connectivity index (χ4v) is 3.11. The predicted molar refractivity (Wildman–Crippen MR) is 64.2 cm³/mol. The molecule has 0 spiro atoms. The zero-order valence-corrected chi connectivity index (χ0v) is 10.1. The van der Waals surface area contributed by atoms with Crippen molar-refractivity contribution in [2.75, 3.05) is 0 Å². The van der Waals surface area contributed by atoms with Crippen LogP contribution in [0.1, 0.15) is 37.5 Å². The van der Waals surface area contributed by atoms with Gasteiger partial charge in [0, 0.05) is 17.2 Å². The van der Waals surface area contributed by atoms with Crippen molar-refractivity contribution in [3.63, 3.8) is 0 Å². The number of aryl methyl sites for hydroxylation is 1. The number of ketones is 1. The van der Waals surface area contributed by atoms with E-state index in [1.54, 1.807) is 11.3 Å². The lowest BCUT2D eigenvalue weighted by Gasteiger charge is -2.07. The lowest BCUT2D eigenvalue weighted by molar-refractivity contribution is -0.122. The Morgan fingerprint density at radius 3 is 3.00 bits per heavy atom. The molecular weight excluding hydrogens is 204 g/mol. The first kappa shape index (κ1) is 10.9. The number of rotatable bonds is 4. The molecule has 2 heteroatoms. The Morgan fingerprint density at radius 1 is 1.53 bits per heavy atom. The molecule has 0 aliphatic heterocycles. The third-order valence-electron chi connectivity index (χ3n) is 3.35. The normalized spacial score (nSPS) is 25.7. The SMILES string of the molecule is CC1CCC(C(=O)CCc2cccs2)C1. The molecule has 82 valence electrons. The predicted octanol–water partition coefficient (Wildman–Crippen LogP) is 3.69. The highest BCUT2D eigenvalue weighted by molar-refractivity contribution is 7.09. The van der Waals surface area contributed by atoms with Crippen LogP contribution in [0.2, 0.25) is 0 Å². The number of thiophene rings is 1. The van der Waals surface area contributed by atoms with Crippen LogP contribution < -0.4 is 0 Å². The van der Waals surface area contributed by atoms with Crippen molar-refractivity contribution < 1.29 is 4.79 Å². The van der Waals surface area contributed by atoms with Crippen molar-refractivity contribution in [3.05, 3.63) is 22.4 Å². The summed E-state index contributed by atoms with van der Waals surface area (Å²) in [4.78, 5) is 13.2. The van der Waals surface area contributed by atoms with Crippen LogP contribution in [-0.4, -0.2) is 5.78 Å². The number of Topliss-reactive ketones (excluding diaryl/α,β-unsaturated/α-hetero) is 1. The van der Waals surface area contributed by atoms with Gasteiger partial charge in [-0.1, -0.05) is 13.0 Å². The third kappa shape index (κ3) is 2.91. The monoisotopic (exact) mass is 222 g/mol. The van der Waals surface area contributed by atoms with Gasteiger partial charge in [0.15, 0.2) is 0 Å². The first-order chi connectivity index (χ1) is 7.25. The van der Waals surface area contributed by atoms with Gasteiger partial charge in [0.2, 0.25) is 0 Å². The average molecular weight is 222 g/mol. The Balaban J connectivity index is 1.78. The van der Waals surface area contributed by atoms with Gasteiger partial charge in [-0.3, -0.25) is 4.79 Å². The minimum Gasteiger partial charge on any atom is -0.299 e. The van der Waals surface area contributed by atoms with E-state index in [0.29, 0.717) is 11.7 Å². The lowest BCUT2D eigenvalue weighted by Crippen LogP contribution is -2.11. The second-order valence-corrected chi connectivity index (χ2v) is 5.69. The summed E-state index contributed by atoms with van der Waals surface area (Å²) in [5, 5.41) is 2.08. The molecule has 1 fully saturated rings. The lowest BCUT2D eigenvalue weighted by atomic mass is 9.97. The minimum atomic E-state index is 0.375. The van der Waals surface area contributed by atoms with E-state index in [1.807, 2.05) is 0 Å². The summed E-state index contributed by atoms with van der Waals surface area (Å²) in [6.07, 6.45) is 5.20. The molecule has 0 amide bonds. The fourth-order valence-electron chi connectivity index (χ4n) is 2.40. The van der Waals surface area contributed by atoms with Crippen molar-refractivity contribution in [2.45, 2.75) is 39.0 Å². The average Bonchev–Trinajstić information content (AvgIpc) is 2.84. The molecule has 0 aromatic carbocycles. The van der Waals surface area contributed by atoms with Gasteiger partial charge in [-0.2, -0.15) is 0 Å².